The average molecular weight is 286 g/mol. The monoisotopic (exact) mass is 286 g/mol. The average Bonchev–Trinajstić information content (AvgIpc) is 2.41. The van der Waals surface area contributed by atoms with E-state index in [0.29, 0.717) is 5.56 Å². The molecule has 0 aliphatic heterocycles. The highest BCUT2D eigenvalue weighted by atomic mass is 16.4. The maximum absolute atomic E-state index is 11.8. The molecule has 0 fully saturated rings. The van der Waals surface area contributed by atoms with Crippen LogP contribution in [0.25, 0.3) is 6.08 Å². The zero-order valence-electron chi connectivity index (χ0n) is 12.3. The lowest BCUT2D eigenvalue weighted by Gasteiger charge is -2.27. The Morgan fingerprint density at radius 1 is 1.29 bits per heavy atom. The molecule has 1 aromatic rings. The van der Waals surface area contributed by atoms with Gasteiger partial charge in [-0.2, -0.15) is 5.26 Å². The summed E-state index contributed by atoms with van der Waals surface area (Å²) < 4.78 is 0. The first-order valence-electron chi connectivity index (χ1n) is 6.45. The molecule has 1 atom stereocenters. The zero-order chi connectivity index (χ0) is 16.0. The molecule has 0 aromatic heterocycles. The zero-order valence-corrected chi connectivity index (χ0v) is 12.3. The second-order valence-corrected chi connectivity index (χ2v) is 5.71. The number of nitrogens with one attached hydrogen (secondary N) is 1. The number of carbonyl (C=O) groups excluding carboxylic acids is 1. The van der Waals surface area contributed by atoms with Crippen LogP contribution in [0.3, 0.4) is 0 Å². The fourth-order valence-electron chi connectivity index (χ4n) is 1.68. The summed E-state index contributed by atoms with van der Waals surface area (Å²) in [6.45, 7) is 5.24. The number of rotatable bonds is 4. The van der Waals surface area contributed by atoms with Crippen LogP contribution in [-0.2, 0) is 9.59 Å². The smallest absolute Gasteiger partial charge is 0.326 e. The largest absolute Gasteiger partial charge is 0.480 e. The van der Waals surface area contributed by atoms with Crippen LogP contribution < -0.4 is 5.32 Å². The van der Waals surface area contributed by atoms with Crippen LogP contribution in [-0.4, -0.2) is 23.0 Å². The van der Waals surface area contributed by atoms with Gasteiger partial charge in [-0.1, -0.05) is 32.9 Å². The van der Waals surface area contributed by atoms with Gasteiger partial charge in [0, 0.05) is 6.08 Å². The van der Waals surface area contributed by atoms with Crippen molar-refractivity contribution in [2.75, 3.05) is 0 Å². The summed E-state index contributed by atoms with van der Waals surface area (Å²) in [5.41, 5.74) is 0.714. The second kappa shape index (κ2) is 6.71. The Bertz CT molecular complexity index is 589. The predicted molar refractivity (Wildman–Crippen MR) is 79.2 cm³/mol. The number of nitriles is 1. The molecule has 1 aromatic carbocycles. The van der Waals surface area contributed by atoms with E-state index in [1.54, 1.807) is 51.1 Å². The molecule has 0 heterocycles. The number of hydrogen-bond donors (Lipinski definition) is 2. The van der Waals surface area contributed by atoms with Gasteiger partial charge in [0.25, 0.3) is 0 Å². The van der Waals surface area contributed by atoms with Crippen LogP contribution in [0.1, 0.15) is 31.9 Å². The summed E-state index contributed by atoms with van der Waals surface area (Å²) in [5, 5.41) is 20.3. The summed E-state index contributed by atoms with van der Waals surface area (Å²) in [4.78, 5) is 22.9. The molecule has 0 saturated carbocycles. The number of amides is 1. The van der Waals surface area contributed by atoms with Crippen molar-refractivity contribution in [3.8, 4) is 6.07 Å². The highest BCUT2D eigenvalue weighted by Crippen LogP contribution is 2.19. The first kappa shape index (κ1) is 16.4. The Kier molecular flexibility index (Phi) is 5.25. The minimum Gasteiger partial charge on any atom is -0.480 e. The Labute approximate surface area is 123 Å². The number of carbonyl (C=O) groups is 2. The molecule has 5 heteroatoms. The molecule has 0 aliphatic rings. The summed E-state index contributed by atoms with van der Waals surface area (Å²) >= 11 is 0. The van der Waals surface area contributed by atoms with Gasteiger partial charge in [0.1, 0.15) is 6.04 Å². The van der Waals surface area contributed by atoms with Crippen molar-refractivity contribution in [1.29, 1.82) is 5.26 Å². The van der Waals surface area contributed by atoms with Crippen LogP contribution in [0.2, 0.25) is 0 Å². The lowest BCUT2D eigenvalue weighted by Crippen LogP contribution is -2.48. The highest BCUT2D eigenvalue weighted by Gasteiger charge is 2.31. The normalized spacial score (nSPS) is 12.7. The van der Waals surface area contributed by atoms with E-state index in [4.69, 9.17) is 10.4 Å². The van der Waals surface area contributed by atoms with Gasteiger partial charge in [-0.05, 0) is 29.2 Å². The van der Waals surface area contributed by atoms with Gasteiger partial charge < -0.3 is 10.4 Å². The molecule has 110 valence electrons. The maximum atomic E-state index is 11.8. The Morgan fingerprint density at radius 2 is 1.86 bits per heavy atom. The maximum Gasteiger partial charge on any atom is 0.326 e. The van der Waals surface area contributed by atoms with Gasteiger partial charge in [0.05, 0.1) is 11.6 Å². The molecule has 1 amide bonds. The lowest BCUT2D eigenvalue weighted by atomic mass is 9.87. The summed E-state index contributed by atoms with van der Waals surface area (Å²) in [6.07, 6.45) is 2.85. The number of carboxylic acids is 1. The number of aliphatic carboxylic acids is 1. The number of carboxylic acid groups (broad SMARTS) is 1. The number of hydrogen-bond acceptors (Lipinski definition) is 3. The third-order valence-corrected chi connectivity index (χ3v) is 2.87. The van der Waals surface area contributed by atoms with Crippen LogP contribution in [0.5, 0.6) is 0 Å². The fraction of sp³-hybridized carbons (Fsp3) is 0.312. The van der Waals surface area contributed by atoms with E-state index in [-0.39, 0.29) is 0 Å². The van der Waals surface area contributed by atoms with Crippen molar-refractivity contribution in [3.63, 3.8) is 0 Å². The SMILES string of the molecule is CC(C)(C)C(NC(=O)/C=C/c1ccc(C#N)cc1)C(=O)O. The van der Waals surface area contributed by atoms with Crippen molar-refractivity contribution < 1.29 is 14.7 Å². The van der Waals surface area contributed by atoms with Gasteiger partial charge in [-0.15, -0.1) is 0 Å². The predicted octanol–water partition coefficient (Wildman–Crippen LogP) is 2.19. The first-order valence-corrected chi connectivity index (χ1v) is 6.45. The molecule has 21 heavy (non-hydrogen) atoms. The Morgan fingerprint density at radius 3 is 2.29 bits per heavy atom. The second-order valence-electron chi connectivity index (χ2n) is 5.71. The number of benzene rings is 1. The van der Waals surface area contributed by atoms with Crippen LogP contribution in [0, 0.1) is 16.7 Å². The van der Waals surface area contributed by atoms with E-state index < -0.39 is 23.3 Å². The van der Waals surface area contributed by atoms with Crippen molar-refractivity contribution in [1.82, 2.24) is 5.32 Å². The van der Waals surface area contributed by atoms with E-state index in [2.05, 4.69) is 5.32 Å². The van der Waals surface area contributed by atoms with Gasteiger partial charge in [0.15, 0.2) is 0 Å². The third-order valence-electron chi connectivity index (χ3n) is 2.87. The lowest BCUT2D eigenvalue weighted by molar-refractivity contribution is -0.144. The van der Waals surface area contributed by atoms with Crippen molar-refractivity contribution >= 4 is 18.0 Å². The molecule has 5 nitrogen and oxygen atoms in total. The van der Waals surface area contributed by atoms with Crippen LogP contribution in [0.15, 0.2) is 30.3 Å². The van der Waals surface area contributed by atoms with Crippen LogP contribution in [0.4, 0.5) is 0 Å². The van der Waals surface area contributed by atoms with Crippen molar-refractivity contribution in [2.45, 2.75) is 26.8 Å². The topological polar surface area (TPSA) is 90.2 Å². The summed E-state index contributed by atoms with van der Waals surface area (Å²) in [5.74, 6) is -1.54. The standard InChI is InChI=1S/C16H18N2O3/c1-16(2,3)14(15(20)21)18-13(19)9-8-11-4-6-12(10-17)7-5-11/h4-9,14H,1-3H3,(H,18,19)(H,20,21)/b9-8+. The molecular weight excluding hydrogens is 268 g/mol. The molecule has 0 bridgehead atoms. The van der Waals surface area contributed by atoms with Crippen LogP contribution >= 0.6 is 0 Å². The summed E-state index contributed by atoms with van der Waals surface area (Å²) in [6, 6.07) is 7.75. The minimum atomic E-state index is -1.07. The van der Waals surface area contributed by atoms with Gasteiger partial charge >= 0.3 is 5.97 Å². The van der Waals surface area contributed by atoms with E-state index in [9.17, 15) is 9.59 Å². The Hall–Kier alpha value is -2.61. The van der Waals surface area contributed by atoms with E-state index >= 15 is 0 Å². The quantitative estimate of drug-likeness (QED) is 0.830. The molecule has 1 rings (SSSR count). The molecule has 0 saturated heterocycles. The molecule has 0 radical (unpaired) electrons. The molecule has 0 aliphatic carbocycles. The third kappa shape index (κ3) is 5.11. The Balaban J connectivity index is 2.74. The van der Waals surface area contributed by atoms with Crippen molar-refractivity contribution in [2.24, 2.45) is 5.41 Å². The van der Waals surface area contributed by atoms with E-state index in [0.717, 1.165) is 5.56 Å². The minimum absolute atomic E-state index is 0.471. The van der Waals surface area contributed by atoms with Gasteiger partial charge in [-0.25, -0.2) is 4.79 Å². The first-order chi connectivity index (χ1) is 9.74. The molecule has 0 spiro atoms. The molecule has 1 unspecified atom stereocenters. The fourth-order valence-corrected chi connectivity index (χ4v) is 1.68. The van der Waals surface area contributed by atoms with E-state index in [1.807, 2.05) is 6.07 Å². The molecule has 2 N–H and O–H groups in total. The summed E-state index contributed by atoms with van der Waals surface area (Å²) in [7, 11) is 0. The highest BCUT2D eigenvalue weighted by molar-refractivity contribution is 5.94. The van der Waals surface area contributed by atoms with Gasteiger partial charge in [0.2, 0.25) is 5.91 Å². The molecular formula is C16H18N2O3. The number of nitrogens with zero attached hydrogens (tertiary/aromatic N) is 1. The van der Waals surface area contributed by atoms with Gasteiger partial charge in [-0.3, -0.25) is 4.79 Å². The van der Waals surface area contributed by atoms with Crippen molar-refractivity contribution in [3.05, 3.63) is 41.5 Å². The van der Waals surface area contributed by atoms with E-state index in [1.165, 1.54) is 6.08 Å².